The van der Waals surface area contributed by atoms with E-state index in [-0.39, 0.29) is 0 Å². The maximum Gasteiger partial charge on any atom is 0.107 e. The van der Waals surface area contributed by atoms with Crippen LogP contribution in [-0.2, 0) is 4.74 Å². The molecule has 0 unspecified atom stereocenters. The second-order valence-electron chi connectivity index (χ2n) is 2.96. The smallest absolute Gasteiger partial charge is 0.107 e. The fraction of sp³-hybridized carbons (Fsp3) is 0.778. The van der Waals surface area contributed by atoms with Gasteiger partial charge in [-0.15, -0.1) is 0 Å². The van der Waals surface area contributed by atoms with E-state index in [0.29, 0.717) is 13.2 Å². The SMILES string of the molecule is C[C@H](O)COCC#CCN(C)C. The van der Waals surface area contributed by atoms with Gasteiger partial charge < -0.3 is 9.84 Å². The van der Waals surface area contributed by atoms with Crippen molar-refractivity contribution in [2.24, 2.45) is 0 Å². The molecule has 0 fully saturated rings. The first-order chi connectivity index (χ1) is 5.63. The van der Waals surface area contributed by atoms with Gasteiger partial charge in [-0.25, -0.2) is 0 Å². The van der Waals surface area contributed by atoms with E-state index >= 15 is 0 Å². The van der Waals surface area contributed by atoms with Crippen molar-refractivity contribution in [3.8, 4) is 11.8 Å². The van der Waals surface area contributed by atoms with E-state index in [1.165, 1.54) is 0 Å². The molecule has 12 heavy (non-hydrogen) atoms. The van der Waals surface area contributed by atoms with E-state index in [9.17, 15) is 0 Å². The number of hydrogen-bond donors (Lipinski definition) is 1. The zero-order valence-electron chi connectivity index (χ0n) is 8.00. The van der Waals surface area contributed by atoms with Crippen molar-refractivity contribution in [2.45, 2.75) is 13.0 Å². The summed E-state index contributed by atoms with van der Waals surface area (Å²) in [5, 5.41) is 8.82. The molecule has 0 aromatic carbocycles. The Bertz CT molecular complexity index is 156. The molecule has 0 aliphatic carbocycles. The number of rotatable bonds is 4. The lowest BCUT2D eigenvalue weighted by molar-refractivity contribution is 0.0621. The lowest BCUT2D eigenvalue weighted by Crippen LogP contribution is -2.12. The summed E-state index contributed by atoms with van der Waals surface area (Å²) in [6.45, 7) is 3.20. The topological polar surface area (TPSA) is 32.7 Å². The van der Waals surface area contributed by atoms with Crippen molar-refractivity contribution in [3.05, 3.63) is 0 Å². The van der Waals surface area contributed by atoms with E-state index in [1.807, 2.05) is 19.0 Å². The van der Waals surface area contributed by atoms with Crippen LogP contribution < -0.4 is 0 Å². The molecule has 70 valence electrons. The van der Waals surface area contributed by atoms with E-state index in [4.69, 9.17) is 9.84 Å². The van der Waals surface area contributed by atoms with Crippen molar-refractivity contribution in [1.82, 2.24) is 4.90 Å². The summed E-state index contributed by atoms with van der Waals surface area (Å²) < 4.78 is 5.03. The molecule has 3 heteroatoms. The number of hydrogen-bond acceptors (Lipinski definition) is 3. The normalized spacial score (nSPS) is 12.4. The number of nitrogens with zero attached hydrogens (tertiary/aromatic N) is 1. The first kappa shape index (κ1) is 11.4. The molecule has 1 atom stereocenters. The number of ether oxygens (including phenoxy) is 1. The maximum atomic E-state index is 8.82. The standard InChI is InChI=1S/C9H17NO2/c1-9(11)8-12-7-5-4-6-10(2)3/h9,11H,6-8H2,1-3H3/t9-/m0/s1. The van der Waals surface area contributed by atoms with Gasteiger partial charge in [-0.3, -0.25) is 4.90 Å². The predicted molar refractivity (Wildman–Crippen MR) is 48.8 cm³/mol. The van der Waals surface area contributed by atoms with Gasteiger partial charge in [0.1, 0.15) is 6.61 Å². The molecule has 0 aliphatic rings. The third kappa shape index (κ3) is 9.44. The average molecular weight is 171 g/mol. The Balaban J connectivity index is 3.22. The van der Waals surface area contributed by atoms with Crippen LogP contribution in [0.2, 0.25) is 0 Å². The summed E-state index contributed by atoms with van der Waals surface area (Å²) in [5.74, 6) is 5.77. The lowest BCUT2D eigenvalue weighted by Gasteiger charge is -2.02. The lowest BCUT2D eigenvalue weighted by atomic mass is 10.4. The van der Waals surface area contributed by atoms with Crippen LogP contribution in [0, 0.1) is 11.8 Å². The molecule has 0 radical (unpaired) electrons. The molecular weight excluding hydrogens is 154 g/mol. The van der Waals surface area contributed by atoms with Crippen LogP contribution in [0.3, 0.4) is 0 Å². The summed E-state index contributed by atoms with van der Waals surface area (Å²) in [4.78, 5) is 1.99. The highest BCUT2D eigenvalue weighted by Crippen LogP contribution is 1.80. The fourth-order valence-electron chi connectivity index (χ4n) is 0.546. The molecular formula is C9H17NO2. The molecule has 0 aromatic heterocycles. The first-order valence-corrected chi connectivity index (χ1v) is 3.99. The van der Waals surface area contributed by atoms with Gasteiger partial charge in [0.25, 0.3) is 0 Å². The minimum absolute atomic E-state index is 0.358. The highest BCUT2D eigenvalue weighted by atomic mass is 16.5. The molecule has 0 saturated carbocycles. The van der Waals surface area contributed by atoms with Gasteiger partial charge in [-0.2, -0.15) is 0 Å². The highest BCUT2D eigenvalue weighted by Gasteiger charge is 1.91. The molecule has 0 aromatic rings. The minimum atomic E-state index is -0.402. The predicted octanol–water partition coefficient (Wildman–Crippen LogP) is -0.0512. The summed E-state index contributed by atoms with van der Waals surface area (Å²) in [6, 6.07) is 0. The summed E-state index contributed by atoms with van der Waals surface area (Å²) in [6.07, 6.45) is -0.402. The summed E-state index contributed by atoms with van der Waals surface area (Å²) >= 11 is 0. The third-order valence-corrected chi connectivity index (χ3v) is 1.05. The van der Waals surface area contributed by atoms with Gasteiger partial charge in [0, 0.05) is 0 Å². The second kappa shape index (κ2) is 7.11. The Labute approximate surface area is 74.3 Å². The van der Waals surface area contributed by atoms with E-state index < -0.39 is 6.10 Å². The van der Waals surface area contributed by atoms with E-state index in [0.717, 1.165) is 6.54 Å². The Hall–Kier alpha value is -0.560. The van der Waals surface area contributed by atoms with Crippen molar-refractivity contribution in [2.75, 3.05) is 33.9 Å². The summed E-state index contributed by atoms with van der Waals surface area (Å²) in [5.41, 5.74) is 0. The van der Waals surface area contributed by atoms with Crippen LogP contribution in [0.25, 0.3) is 0 Å². The van der Waals surface area contributed by atoms with Crippen molar-refractivity contribution < 1.29 is 9.84 Å². The summed E-state index contributed by atoms with van der Waals surface area (Å²) in [7, 11) is 3.93. The molecule has 3 nitrogen and oxygen atoms in total. The Kier molecular flexibility index (Phi) is 6.78. The third-order valence-electron chi connectivity index (χ3n) is 1.05. The molecule has 0 rings (SSSR count). The Morgan fingerprint density at radius 2 is 2.08 bits per heavy atom. The van der Waals surface area contributed by atoms with Crippen molar-refractivity contribution in [3.63, 3.8) is 0 Å². The highest BCUT2D eigenvalue weighted by molar-refractivity contribution is 5.00. The molecule has 0 amide bonds. The molecule has 1 N–H and O–H groups in total. The van der Waals surface area contributed by atoms with Gasteiger partial charge in [0.2, 0.25) is 0 Å². The maximum absolute atomic E-state index is 8.82. The minimum Gasteiger partial charge on any atom is -0.391 e. The second-order valence-corrected chi connectivity index (χ2v) is 2.96. The molecule has 0 saturated heterocycles. The molecule has 0 bridgehead atoms. The van der Waals surface area contributed by atoms with Gasteiger partial charge in [-0.05, 0) is 21.0 Å². The van der Waals surface area contributed by atoms with Crippen LogP contribution >= 0.6 is 0 Å². The van der Waals surface area contributed by atoms with Crippen molar-refractivity contribution >= 4 is 0 Å². The monoisotopic (exact) mass is 171 g/mol. The van der Waals surface area contributed by atoms with Crippen LogP contribution in [0.15, 0.2) is 0 Å². The van der Waals surface area contributed by atoms with Crippen molar-refractivity contribution in [1.29, 1.82) is 0 Å². The average Bonchev–Trinajstić information content (AvgIpc) is 1.95. The van der Waals surface area contributed by atoms with Gasteiger partial charge in [-0.1, -0.05) is 11.8 Å². The Morgan fingerprint density at radius 3 is 2.58 bits per heavy atom. The van der Waals surface area contributed by atoms with Crippen LogP contribution in [0.4, 0.5) is 0 Å². The number of aliphatic hydroxyl groups excluding tert-OH is 1. The van der Waals surface area contributed by atoms with Crippen LogP contribution in [0.5, 0.6) is 0 Å². The largest absolute Gasteiger partial charge is 0.391 e. The quantitative estimate of drug-likeness (QED) is 0.475. The molecule has 0 spiro atoms. The van der Waals surface area contributed by atoms with Gasteiger partial charge >= 0.3 is 0 Å². The van der Waals surface area contributed by atoms with Crippen LogP contribution in [0.1, 0.15) is 6.92 Å². The fourth-order valence-corrected chi connectivity index (χ4v) is 0.546. The molecule has 0 aliphatic heterocycles. The van der Waals surface area contributed by atoms with E-state index in [1.54, 1.807) is 6.92 Å². The zero-order chi connectivity index (χ0) is 9.40. The van der Waals surface area contributed by atoms with Gasteiger partial charge in [0.05, 0.1) is 19.3 Å². The Morgan fingerprint density at radius 1 is 1.42 bits per heavy atom. The first-order valence-electron chi connectivity index (χ1n) is 3.99. The van der Waals surface area contributed by atoms with Gasteiger partial charge in [0.15, 0.2) is 0 Å². The number of aliphatic hydroxyl groups is 1. The van der Waals surface area contributed by atoms with Crippen LogP contribution in [-0.4, -0.2) is 50.0 Å². The zero-order valence-corrected chi connectivity index (χ0v) is 8.00. The molecule has 0 heterocycles. The van der Waals surface area contributed by atoms with E-state index in [2.05, 4.69) is 11.8 Å².